The first-order valence-corrected chi connectivity index (χ1v) is 11.7. The highest BCUT2D eigenvalue weighted by molar-refractivity contribution is 5.45. The van der Waals surface area contributed by atoms with E-state index in [1.807, 2.05) is 7.11 Å². The van der Waals surface area contributed by atoms with Crippen LogP contribution in [0.4, 0.5) is 0 Å². The molecule has 1 aromatic rings. The van der Waals surface area contributed by atoms with Crippen molar-refractivity contribution in [3.63, 3.8) is 0 Å². The molecule has 1 aromatic carbocycles. The van der Waals surface area contributed by atoms with Crippen molar-refractivity contribution < 1.29 is 4.74 Å². The van der Waals surface area contributed by atoms with E-state index in [0.717, 1.165) is 17.7 Å². The van der Waals surface area contributed by atoms with E-state index in [1.165, 1.54) is 90.1 Å². The Morgan fingerprint density at radius 2 is 1.93 bits per heavy atom. The van der Waals surface area contributed by atoms with Crippen molar-refractivity contribution in [3.05, 3.63) is 29.3 Å². The Hall–Kier alpha value is -1.02. The number of hydrogen-bond donors (Lipinski definition) is 0. The molecule has 1 saturated heterocycles. The Morgan fingerprint density at radius 1 is 1.07 bits per heavy atom. The van der Waals surface area contributed by atoms with Crippen LogP contribution in [0.15, 0.2) is 18.2 Å². The molecule has 0 N–H and O–H groups in total. The maximum Gasteiger partial charge on any atom is 0.119 e. The second-order valence-corrected chi connectivity index (χ2v) is 9.36. The number of ether oxygens (including phenoxy) is 1. The lowest BCUT2D eigenvalue weighted by molar-refractivity contribution is -0.0120. The van der Waals surface area contributed by atoms with Crippen molar-refractivity contribution in [2.75, 3.05) is 20.2 Å². The second kappa shape index (κ2) is 8.55. The van der Waals surface area contributed by atoms with Gasteiger partial charge in [0.15, 0.2) is 0 Å². The highest BCUT2D eigenvalue weighted by Crippen LogP contribution is 2.56. The highest BCUT2D eigenvalue weighted by Gasteiger charge is 2.53. The van der Waals surface area contributed by atoms with Crippen LogP contribution in [0.3, 0.4) is 0 Å². The minimum atomic E-state index is 0.447. The Bertz CT molecular complexity index is 627. The van der Waals surface area contributed by atoms with E-state index in [0.29, 0.717) is 5.41 Å². The van der Waals surface area contributed by atoms with E-state index in [1.54, 1.807) is 11.1 Å². The first kappa shape index (κ1) is 19.3. The molecule has 3 atom stereocenters. The lowest BCUT2D eigenvalue weighted by atomic mass is 9.52. The number of piperidine rings is 1. The maximum absolute atomic E-state index is 5.60. The van der Waals surface area contributed by atoms with Gasteiger partial charge in [0.2, 0.25) is 0 Å². The third-order valence-electron chi connectivity index (χ3n) is 7.96. The number of likely N-dealkylation sites (tertiary alicyclic amines) is 1. The number of hydrogen-bond acceptors (Lipinski definition) is 2. The fourth-order valence-electron chi connectivity index (χ4n) is 6.56. The van der Waals surface area contributed by atoms with Crippen molar-refractivity contribution in [2.24, 2.45) is 5.92 Å². The summed E-state index contributed by atoms with van der Waals surface area (Å²) >= 11 is 0. The van der Waals surface area contributed by atoms with Gasteiger partial charge < -0.3 is 4.74 Å². The summed E-state index contributed by atoms with van der Waals surface area (Å²) in [6, 6.07) is 7.75. The molecular formula is C25H39NO. The smallest absolute Gasteiger partial charge is 0.119 e. The van der Waals surface area contributed by atoms with Crippen LogP contribution in [0, 0.1) is 5.92 Å². The quantitative estimate of drug-likeness (QED) is 0.512. The molecule has 4 rings (SSSR count). The van der Waals surface area contributed by atoms with Crippen LogP contribution in [-0.4, -0.2) is 31.1 Å². The van der Waals surface area contributed by atoms with Crippen molar-refractivity contribution in [3.8, 4) is 5.75 Å². The van der Waals surface area contributed by atoms with Gasteiger partial charge in [0.1, 0.15) is 5.75 Å². The molecule has 27 heavy (non-hydrogen) atoms. The largest absolute Gasteiger partial charge is 0.497 e. The van der Waals surface area contributed by atoms with Crippen molar-refractivity contribution in [1.82, 2.24) is 4.90 Å². The molecule has 0 aromatic heterocycles. The van der Waals surface area contributed by atoms with Gasteiger partial charge in [0, 0.05) is 11.5 Å². The third kappa shape index (κ3) is 3.67. The molecule has 2 heteroatoms. The summed E-state index contributed by atoms with van der Waals surface area (Å²) in [6.45, 7) is 4.95. The minimum Gasteiger partial charge on any atom is -0.497 e. The van der Waals surface area contributed by atoms with Gasteiger partial charge in [-0.1, -0.05) is 57.9 Å². The monoisotopic (exact) mass is 369 g/mol. The Balaban J connectivity index is 1.49. The average Bonchev–Trinajstić information content (AvgIpc) is 2.71. The maximum atomic E-state index is 5.60. The second-order valence-electron chi connectivity index (χ2n) is 9.36. The van der Waals surface area contributed by atoms with Crippen molar-refractivity contribution in [2.45, 2.75) is 95.4 Å². The van der Waals surface area contributed by atoms with Crippen molar-refractivity contribution in [1.29, 1.82) is 0 Å². The van der Waals surface area contributed by atoms with Gasteiger partial charge in [-0.05, 0) is 74.4 Å². The van der Waals surface area contributed by atoms with Gasteiger partial charge >= 0.3 is 0 Å². The van der Waals surface area contributed by atoms with E-state index in [2.05, 4.69) is 30.0 Å². The third-order valence-corrected chi connectivity index (χ3v) is 7.96. The Labute approximate surface area is 166 Å². The summed E-state index contributed by atoms with van der Waals surface area (Å²) < 4.78 is 5.60. The van der Waals surface area contributed by atoms with E-state index < -0.39 is 0 Å². The molecule has 1 aliphatic heterocycles. The number of nitrogens with zero attached hydrogens (tertiary/aromatic N) is 1. The van der Waals surface area contributed by atoms with Crippen LogP contribution < -0.4 is 4.74 Å². The van der Waals surface area contributed by atoms with Crippen LogP contribution in [-0.2, 0) is 11.8 Å². The SMILES string of the molecule is CCCCCCCCN1CC[C@]23CCCC[C@@H]2[C@H]1Cc1ccc(OC)cc13. The molecule has 2 bridgehead atoms. The molecule has 1 saturated carbocycles. The zero-order chi connectivity index (χ0) is 18.7. The number of fused-ring (bicyclic) bond motifs is 1. The molecule has 3 aliphatic rings. The Kier molecular flexibility index (Phi) is 6.12. The summed E-state index contributed by atoms with van der Waals surface area (Å²) in [4.78, 5) is 2.89. The van der Waals surface area contributed by atoms with Crippen molar-refractivity contribution >= 4 is 0 Å². The standard InChI is InChI=1S/C25H39NO/c1-3-4-5-6-7-10-16-26-17-15-25-14-9-8-11-22(25)24(26)18-20-12-13-21(27-2)19-23(20)25/h12-13,19,22,24H,3-11,14-18H2,1-2H3/t22-,24-,25-/m1/s1. The molecule has 1 heterocycles. The Morgan fingerprint density at radius 3 is 2.78 bits per heavy atom. The fourth-order valence-corrected chi connectivity index (χ4v) is 6.56. The summed E-state index contributed by atoms with van der Waals surface area (Å²) in [5, 5.41) is 0. The van der Waals surface area contributed by atoms with E-state index in [-0.39, 0.29) is 0 Å². The average molecular weight is 370 g/mol. The molecular weight excluding hydrogens is 330 g/mol. The zero-order valence-electron chi connectivity index (χ0n) is 17.6. The summed E-state index contributed by atoms with van der Waals surface area (Å²) in [7, 11) is 1.81. The summed E-state index contributed by atoms with van der Waals surface area (Å²) in [6.07, 6.45) is 16.8. The number of methoxy groups -OCH3 is 1. The molecule has 2 fully saturated rings. The van der Waals surface area contributed by atoms with Crippen LogP contribution in [0.5, 0.6) is 5.75 Å². The predicted octanol–water partition coefficient (Wildman–Crippen LogP) is 6.11. The van der Waals surface area contributed by atoms with E-state index in [9.17, 15) is 0 Å². The molecule has 0 radical (unpaired) electrons. The fraction of sp³-hybridized carbons (Fsp3) is 0.760. The number of benzene rings is 1. The van der Waals surface area contributed by atoms with Gasteiger partial charge in [-0.25, -0.2) is 0 Å². The predicted molar refractivity (Wildman–Crippen MR) is 114 cm³/mol. The van der Waals surface area contributed by atoms with E-state index >= 15 is 0 Å². The van der Waals surface area contributed by atoms with Gasteiger partial charge in [-0.3, -0.25) is 4.90 Å². The lowest BCUT2D eigenvalue weighted by Gasteiger charge is -2.59. The van der Waals surface area contributed by atoms with Gasteiger partial charge in [0.05, 0.1) is 7.11 Å². The zero-order valence-corrected chi connectivity index (χ0v) is 17.6. The molecule has 0 spiro atoms. The normalized spacial score (nSPS) is 29.9. The molecule has 150 valence electrons. The first-order valence-electron chi connectivity index (χ1n) is 11.7. The van der Waals surface area contributed by atoms with Gasteiger partial charge in [0.25, 0.3) is 0 Å². The molecule has 0 unspecified atom stereocenters. The summed E-state index contributed by atoms with van der Waals surface area (Å²) in [5.74, 6) is 1.93. The van der Waals surface area contributed by atoms with Crippen LogP contribution in [0.1, 0.15) is 88.7 Å². The number of rotatable bonds is 8. The van der Waals surface area contributed by atoms with E-state index in [4.69, 9.17) is 4.74 Å². The van der Waals surface area contributed by atoms with Crippen LogP contribution >= 0.6 is 0 Å². The first-order chi connectivity index (χ1) is 13.3. The van der Waals surface area contributed by atoms with Gasteiger partial charge in [-0.2, -0.15) is 0 Å². The number of unbranched alkanes of at least 4 members (excludes halogenated alkanes) is 5. The highest BCUT2D eigenvalue weighted by atomic mass is 16.5. The minimum absolute atomic E-state index is 0.447. The summed E-state index contributed by atoms with van der Waals surface area (Å²) in [5.41, 5.74) is 3.72. The lowest BCUT2D eigenvalue weighted by Crippen LogP contribution is -2.61. The molecule has 0 amide bonds. The molecule has 2 aliphatic carbocycles. The van der Waals surface area contributed by atoms with Crippen LogP contribution in [0.25, 0.3) is 0 Å². The van der Waals surface area contributed by atoms with Crippen LogP contribution in [0.2, 0.25) is 0 Å². The van der Waals surface area contributed by atoms with Gasteiger partial charge in [-0.15, -0.1) is 0 Å². The molecule has 2 nitrogen and oxygen atoms in total. The topological polar surface area (TPSA) is 12.5 Å².